The Labute approximate surface area is 189 Å². The highest BCUT2D eigenvalue weighted by atomic mass is 28.4. The first-order valence-corrected chi connectivity index (χ1v) is 14.8. The maximum Gasteiger partial charge on any atom is 0.313 e. The van der Waals surface area contributed by atoms with Gasteiger partial charge in [0.25, 0.3) is 0 Å². The summed E-state index contributed by atoms with van der Waals surface area (Å²) < 4.78 is 18.5. The second kappa shape index (κ2) is 7.70. The molecule has 4 aliphatic rings. The number of benzene rings is 1. The minimum atomic E-state index is -1.81. The van der Waals surface area contributed by atoms with E-state index in [1.165, 1.54) is 5.56 Å². The zero-order chi connectivity index (χ0) is 22.7. The lowest BCUT2D eigenvalue weighted by atomic mass is 9.48. The van der Waals surface area contributed by atoms with E-state index >= 15 is 0 Å². The van der Waals surface area contributed by atoms with Gasteiger partial charge in [0.05, 0.1) is 12.0 Å². The van der Waals surface area contributed by atoms with Gasteiger partial charge in [-0.15, -0.1) is 0 Å². The topological polar surface area (TPSA) is 44.8 Å². The van der Waals surface area contributed by atoms with Crippen molar-refractivity contribution in [1.82, 2.24) is 0 Å². The fourth-order valence-corrected chi connectivity index (χ4v) is 7.54. The summed E-state index contributed by atoms with van der Waals surface area (Å²) in [6.45, 7) is 18.1. The number of ether oxygens (including phenoxy) is 2. The van der Waals surface area contributed by atoms with Crippen molar-refractivity contribution in [2.24, 2.45) is 28.6 Å². The number of carbonyl (C=O) groups is 1. The highest BCUT2D eigenvalue weighted by molar-refractivity contribution is 6.74. The van der Waals surface area contributed by atoms with Crippen LogP contribution in [0.4, 0.5) is 0 Å². The predicted octanol–water partition coefficient (Wildman–Crippen LogP) is 5.82. The van der Waals surface area contributed by atoms with E-state index in [9.17, 15) is 4.79 Å². The van der Waals surface area contributed by atoms with Crippen LogP contribution in [0.5, 0.6) is 0 Å². The average molecular weight is 445 g/mol. The maximum absolute atomic E-state index is 13.0. The van der Waals surface area contributed by atoms with Crippen molar-refractivity contribution in [3.8, 4) is 0 Å². The summed E-state index contributed by atoms with van der Waals surface area (Å²) in [5, 5.41) is 0.199. The molecule has 5 atom stereocenters. The highest BCUT2D eigenvalue weighted by Gasteiger charge is 2.84. The molecule has 1 saturated heterocycles. The smallest absolute Gasteiger partial charge is 0.313 e. The van der Waals surface area contributed by atoms with Crippen LogP contribution in [0.25, 0.3) is 0 Å². The van der Waals surface area contributed by atoms with Crippen LogP contribution < -0.4 is 0 Å². The van der Waals surface area contributed by atoms with Gasteiger partial charge < -0.3 is 13.9 Å². The summed E-state index contributed by atoms with van der Waals surface area (Å²) in [5.74, 6) is 1.14. The third kappa shape index (κ3) is 3.51. The molecule has 1 aromatic rings. The Bertz CT molecular complexity index is 812. The number of rotatable bonds is 9. The molecule has 3 saturated carbocycles. The van der Waals surface area contributed by atoms with E-state index < -0.39 is 8.32 Å². The molecule has 1 unspecified atom stereocenters. The summed E-state index contributed by atoms with van der Waals surface area (Å²) in [6, 6.07) is 10.3. The zero-order valence-electron chi connectivity index (χ0n) is 20.4. The van der Waals surface area contributed by atoms with Crippen LogP contribution >= 0.6 is 0 Å². The predicted molar refractivity (Wildman–Crippen MR) is 125 cm³/mol. The molecule has 5 rings (SSSR count). The van der Waals surface area contributed by atoms with E-state index in [1.807, 2.05) is 18.2 Å². The first-order chi connectivity index (χ1) is 14.4. The third-order valence-electron chi connectivity index (χ3n) is 8.95. The van der Waals surface area contributed by atoms with Crippen LogP contribution in [0.3, 0.4) is 0 Å². The molecule has 1 heterocycles. The Morgan fingerprint density at radius 3 is 2.42 bits per heavy atom. The number of esters is 1. The molecule has 0 N–H and O–H groups in total. The summed E-state index contributed by atoms with van der Waals surface area (Å²) in [4.78, 5) is 13.0. The lowest BCUT2D eigenvalue weighted by Crippen LogP contribution is -2.59. The monoisotopic (exact) mass is 444 g/mol. The molecule has 4 bridgehead atoms. The number of hydrogen-bond acceptors (Lipinski definition) is 4. The molecule has 0 aromatic heterocycles. The summed E-state index contributed by atoms with van der Waals surface area (Å²) in [7, 11) is -1.81. The van der Waals surface area contributed by atoms with Crippen LogP contribution in [0.2, 0.25) is 18.1 Å². The third-order valence-corrected chi connectivity index (χ3v) is 13.4. The van der Waals surface area contributed by atoms with Crippen molar-refractivity contribution in [3.05, 3.63) is 35.9 Å². The Morgan fingerprint density at radius 2 is 1.81 bits per heavy atom. The van der Waals surface area contributed by atoms with E-state index in [-0.39, 0.29) is 27.9 Å². The molecule has 172 valence electrons. The second-order valence-electron chi connectivity index (χ2n) is 12.1. The van der Waals surface area contributed by atoms with Crippen molar-refractivity contribution in [3.63, 3.8) is 0 Å². The Hall–Kier alpha value is -1.17. The normalized spacial score (nSPS) is 33.3. The van der Waals surface area contributed by atoms with Crippen molar-refractivity contribution in [2.75, 3.05) is 13.2 Å². The number of hydrogen-bond donors (Lipinski definition) is 0. The largest absolute Gasteiger partial charge is 0.461 e. The summed E-state index contributed by atoms with van der Waals surface area (Å²) >= 11 is 0. The Kier molecular flexibility index (Phi) is 5.72. The van der Waals surface area contributed by atoms with Gasteiger partial charge in [0.1, 0.15) is 6.10 Å². The lowest BCUT2D eigenvalue weighted by molar-refractivity contribution is -0.182. The van der Waals surface area contributed by atoms with Gasteiger partial charge in [0.2, 0.25) is 0 Å². The Morgan fingerprint density at radius 1 is 1.13 bits per heavy atom. The molecule has 1 aliphatic heterocycles. The molecule has 1 aromatic carbocycles. The molecule has 0 radical (unpaired) electrons. The van der Waals surface area contributed by atoms with Gasteiger partial charge in [-0.1, -0.05) is 65.0 Å². The lowest BCUT2D eigenvalue weighted by Gasteiger charge is -2.54. The van der Waals surface area contributed by atoms with Crippen molar-refractivity contribution >= 4 is 14.3 Å². The molecule has 5 heteroatoms. The molecule has 4 nitrogen and oxygen atoms in total. The van der Waals surface area contributed by atoms with E-state index in [1.54, 1.807) is 0 Å². The van der Waals surface area contributed by atoms with Gasteiger partial charge in [0.15, 0.2) is 8.32 Å². The van der Waals surface area contributed by atoms with Crippen LogP contribution in [-0.4, -0.2) is 33.6 Å². The van der Waals surface area contributed by atoms with Crippen molar-refractivity contribution in [2.45, 2.75) is 78.3 Å². The average Bonchev–Trinajstić information content (AvgIpc) is 3.12. The van der Waals surface area contributed by atoms with Gasteiger partial charge in [-0.3, -0.25) is 4.79 Å². The maximum atomic E-state index is 13.0. The van der Waals surface area contributed by atoms with Gasteiger partial charge >= 0.3 is 5.97 Å². The van der Waals surface area contributed by atoms with E-state index in [0.29, 0.717) is 31.0 Å². The van der Waals surface area contributed by atoms with E-state index in [2.05, 4.69) is 59.8 Å². The van der Waals surface area contributed by atoms with Crippen molar-refractivity contribution in [1.29, 1.82) is 0 Å². The first kappa shape index (κ1) is 23.0. The first-order valence-electron chi connectivity index (χ1n) is 11.9. The molecular formula is C26H40O4Si. The molecule has 4 fully saturated rings. The van der Waals surface area contributed by atoms with Crippen LogP contribution in [0, 0.1) is 28.6 Å². The molecule has 0 spiro atoms. The zero-order valence-corrected chi connectivity index (χ0v) is 21.4. The van der Waals surface area contributed by atoms with Gasteiger partial charge in [0, 0.05) is 24.5 Å². The molecule has 3 aliphatic carbocycles. The van der Waals surface area contributed by atoms with Gasteiger partial charge in [-0.2, -0.15) is 0 Å². The second-order valence-corrected chi connectivity index (χ2v) is 16.9. The Balaban J connectivity index is 1.38. The summed E-state index contributed by atoms with van der Waals surface area (Å²) in [6.07, 6.45) is 1.81. The summed E-state index contributed by atoms with van der Waals surface area (Å²) in [5.41, 5.74) is 0.908. The van der Waals surface area contributed by atoms with Crippen LogP contribution in [0.1, 0.15) is 53.0 Å². The minimum Gasteiger partial charge on any atom is -0.461 e. The SMILES string of the molecule is CC1(C)[C@H]2OC(=O)C3(CCCOCc4ccccc4)[C@@H]2[C@H](CO[Si](C)(C)C(C)(C)C)[C@@H]13. The van der Waals surface area contributed by atoms with Gasteiger partial charge in [-0.25, -0.2) is 0 Å². The highest BCUT2D eigenvalue weighted by Crippen LogP contribution is 2.79. The molecule has 31 heavy (non-hydrogen) atoms. The van der Waals surface area contributed by atoms with Crippen LogP contribution in [-0.2, 0) is 25.3 Å². The van der Waals surface area contributed by atoms with Gasteiger partial charge in [-0.05, 0) is 48.4 Å². The molecular weight excluding hydrogens is 404 g/mol. The molecule has 0 amide bonds. The minimum absolute atomic E-state index is 0.0327. The van der Waals surface area contributed by atoms with E-state index in [4.69, 9.17) is 13.9 Å². The quantitative estimate of drug-likeness (QED) is 0.273. The number of carbonyl (C=O) groups excluding carboxylic acids is 1. The van der Waals surface area contributed by atoms with Crippen molar-refractivity contribution < 1.29 is 18.7 Å². The van der Waals surface area contributed by atoms with Crippen LogP contribution in [0.15, 0.2) is 30.3 Å². The van der Waals surface area contributed by atoms with E-state index in [0.717, 1.165) is 19.4 Å². The fraction of sp³-hybridized carbons (Fsp3) is 0.731. The fourth-order valence-electron chi connectivity index (χ4n) is 6.50. The standard InChI is InChI=1S/C26H40O4Si/c1-24(2,3)31(6,7)29-17-19-20-22-25(4,5)21(19)26(20,23(27)30-22)14-11-15-28-16-18-12-9-8-10-13-18/h8-10,12-13,19-22H,11,14-17H2,1-7H3/t19-,20+,21-,22-,26?/m0/s1.